The zero-order valence-electron chi connectivity index (χ0n) is 9.67. The third-order valence-corrected chi connectivity index (χ3v) is 2.88. The lowest BCUT2D eigenvalue weighted by molar-refractivity contribution is -0.385. The zero-order valence-corrected chi connectivity index (χ0v) is 11.3. The molecule has 1 aromatic rings. The maximum Gasteiger partial charge on any atom is 0.305 e. The fraction of sp³-hybridized carbons (Fsp3) is 0.400. The van der Waals surface area contributed by atoms with Crippen molar-refractivity contribution >= 4 is 33.4 Å². The van der Waals surface area contributed by atoms with Gasteiger partial charge < -0.3 is 10.0 Å². The van der Waals surface area contributed by atoms with Gasteiger partial charge in [-0.15, -0.1) is 0 Å². The standard InChI is InChI=1S/C10H12BrN3O4/c1-2-13(4-3-9(15)16)10-8(11)5-7(6-12-10)14(17)18/h5-6H,2-4H2,1H3,(H,15,16). The van der Waals surface area contributed by atoms with Crippen LogP contribution >= 0.6 is 15.9 Å². The lowest BCUT2D eigenvalue weighted by Crippen LogP contribution is -2.27. The van der Waals surface area contributed by atoms with E-state index in [0.29, 0.717) is 23.4 Å². The van der Waals surface area contributed by atoms with Gasteiger partial charge in [-0.05, 0) is 22.9 Å². The van der Waals surface area contributed by atoms with Crippen LogP contribution in [-0.4, -0.2) is 34.1 Å². The largest absolute Gasteiger partial charge is 0.481 e. The van der Waals surface area contributed by atoms with Crippen LogP contribution in [0.25, 0.3) is 0 Å². The van der Waals surface area contributed by atoms with Crippen molar-refractivity contribution in [1.82, 2.24) is 4.98 Å². The number of pyridine rings is 1. The summed E-state index contributed by atoms with van der Waals surface area (Å²) in [4.78, 5) is 26.3. The monoisotopic (exact) mass is 317 g/mol. The normalized spacial score (nSPS) is 10.1. The maximum atomic E-state index is 10.6. The summed E-state index contributed by atoms with van der Waals surface area (Å²) in [5, 5.41) is 19.2. The van der Waals surface area contributed by atoms with Crippen molar-refractivity contribution in [2.75, 3.05) is 18.0 Å². The first-order valence-corrected chi connectivity index (χ1v) is 6.01. The van der Waals surface area contributed by atoms with Crippen LogP contribution in [0.2, 0.25) is 0 Å². The molecule has 1 heterocycles. The average Bonchev–Trinajstić information content (AvgIpc) is 2.30. The summed E-state index contributed by atoms with van der Waals surface area (Å²) in [6, 6.07) is 1.35. The van der Waals surface area contributed by atoms with E-state index in [-0.39, 0.29) is 12.1 Å². The molecule has 0 saturated carbocycles. The molecule has 0 aliphatic rings. The lowest BCUT2D eigenvalue weighted by Gasteiger charge is -2.21. The van der Waals surface area contributed by atoms with Crippen molar-refractivity contribution in [3.8, 4) is 0 Å². The molecule has 1 rings (SSSR count). The van der Waals surface area contributed by atoms with Crippen LogP contribution in [0.3, 0.4) is 0 Å². The second-order valence-electron chi connectivity index (χ2n) is 3.48. The molecule has 0 atom stereocenters. The minimum atomic E-state index is -0.897. The van der Waals surface area contributed by atoms with Crippen molar-refractivity contribution in [2.45, 2.75) is 13.3 Å². The number of carboxylic acid groups (broad SMARTS) is 1. The molecule has 98 valence electrons. The van der Waals surface area contributed by atoms with Crippen LogP contribution in [0.5, 0.6) is 0 Å². The quantitative estimate of drug-likeness (QED) is 0.637. The molecule has 0 aromatic carbocycles. The molecule has 0 unspecified atom stereocenters. The first kappa shape index (κ1) is 14.4. The van der Waals surface area contributed by atoms with Gasteiger partial charge in [0.25, 0.3) is 5.69 Å². The summed E-state index contributed by atoms with van der Waals surface area (Å²) in [6.45, 7) is 2.73. The van der Waals surface area contributed by atoms with Crippen LogP contribution in [0.1, 0.15) is 13.3 Å². The first-order valence-electron chi connectivity index (χ1n) is 5.22. The van der Waals surface area contributed by atoms with Crippen LogP contribution in [-0.2, 0) is 4.79 Å². The number of aliphatic carboxylic acids is 1. The van der Waals surface area contributed by atoms with Gasteiger partial charge in [-0.25, -0.2) is 4.98 Å². The fourth-order valence-electron chi connectivity index (χ4n) is 1.40. The molecule has 8 heteroatoms. The summed E-state index contributed by atoms with van der Waals surface area (Å²) >= 11 is 3.21. The van der Waals surface area contributed by atoms with Gasteiger partial charge in [-0.2, -0.15) is 0 Å². The number of nitro groups is 1. The molecule has 0 bridgehead atoms. The van der Waals surface area contributed by atoms with Crippen molar-refractivity contribution in [1.29, 1.82) is 0 Å². The van der Waals surface area contributed by atoms with E-state index >= 15 is 0 Å². The zero-order chi connectivity index (χ0) is 13.7. The van der Waals surface area contributed by atoms with E-state index in [1.807, 2.05) is 6.92 Å². The Morgan fingerprint density at radius 1 is 1.67 bits per heavy atom. The van der Waals surface area contributed by atoms with Gasteiger partial charge in [-0.3, -0.25) is 14.9 Å². The smallest absolute Gasteiger partial charge is 0.305 e. The first-order chi connectivity index (χ1) is 8.45. The molecule has 0 aliphatic heterocycles. The van der Waals surface area contributed by atoms with Gasteiger partial charge in [0.05, 0.1) is 15.8 Å². The number of anilines is 1. The number of carbonyl (C=O) groups is 1. The van der Waals surface area contributed by atoms with Gasteiger partial charge in [0.2, 0.25) is 0 Å². The molecule has 0 aliphatic carbocycles. The summed E-state index contributed by atoms with van der Waals surface area (Å²) in [6.07, 6.45) is 1.14. The van der Waals surface area contributed by atoms with Crippen molar-refractivity contribution in [2.24, 2.45) is 0 Å². The van der Waals surface area contributed by atoms with Crippen LogP contribution in [0.15, 0.2) is 16.7 Å². The highest BCUT2D eigenvalue weighted by Gasteiger charge is 2.15. The Labute approximate surface area is 112 Å². The molecular weight excluding hydrogens is 306 g/mol. The van der Waals surface area contributed by atoms with E-state index < -0.39 is 10.9 Å². The predicted octanol–water partition coefficient (Wildman–Crippen LogP) is 2.05. The minimum Gasteiger partial charge on any atom is -0.481 e. The van der Waals surface area contributed by atoms with Crippen molar-refractivity contribution in [3.05, 3.63) is 26.9 Å². The molecule has 0 radical (unpaired) electrons. The van der Waals surface area contributed by atoms with E-state index in [1.54, 1.807) is 4.90 Å². The predicted molar refractivity (Wildman–Crippen MR) is 68.7 cm³/mol. The molecule has 0 saturated heterocycles. The third kappa shape index (κ3) is 3.66. The Kier molecular flexibility index (Phi) is 5.02. The van der Waals surface area contributed by atoms with E-state index in [9.17, 15) is 14.9 Å². The molecule has 18 heavy (non-hydrogen) atoms. The Bertz CT molecular complexity index is 466. The summed E-state index contributed by atoms with van der Waals surface area (Å²) in [5.74, 6) is -0.393. The fourth-order valence-corrected chi connectivity index (χ4v) is 1.99. The molecule has 0 amide bonds. The molecule has 1 aromatic heterocycles. The van der Waals surface area contributed by atoms with Crippen LogP contribution < -0.4 is 4.90 Å². The number of rotatable bonds is 6. The SMILES string of the molecule is CCN(CCC(=O)O)c1ncc([N+](=O)[O-])cc1Br. The van der Waals surface area contributed by atoms with E-state index in [0.717, 1.165) is 6.20 Å². The van der Waals surface area contributed by atoms with Crippen molar-refractivity contribution in [3.63, 3.8) is 0 Å². The Morgan fingerprint density at radius 2 is 2.33 bits per heavy atom. The Morgan fingerprint density at radius 3 is 2.78 bits per heavy atom. The number of hydrogen-bond donors (Lipinski definition) is 1. The van der Waals surface area contributed by atoms with Gasteiger partial charge >= 0.3 is 5.97 Å². The molecule has 7 nitrogen and oxygen atoms in total. The second-order valence-corrected chi connectivity index (χ2v) is 4.33. The average molecular weight is 318 g/mol. The van der Waals surface area contributed by atoms with Gasteiger partial charge in [0.1, 0.15) is 12.0 Å². The van der Waals surface area contributed by atoms with Crippen LogP contribution in [0, 0.1) is 10.1 Å². The third-order valence-electron chi connectivity index (χ3n) is 2.29. The molecular formula is C10H12BrN3O4. The minimum absolute atomic E-state index is 0.0149. The number of nitrogens with zero attached hydrogens (tertiary/aromatic N) is 3. The maximum absolute atomic E-state index is 10.6. The summed E-state index contributed by atoms with van der Waals surface area (Å²) in [5.41, 5.74) is -0.111. The molecule has 1 N–H and O–H groups in total. The van der Waals surface area contributed by atoms with Crippen molar-refractivity contribution < 1.29 is 14.8 Å². The van der Waals surface area contributed by atoms with Gasteiger partial charge in [-0.1, -0.05) is 0 Å². The summed E-state index contributed by atoms with van der Waals surface area (Å²) < 4.78 is 0.476. The van der Waals surface area contributed by atoms with E-state index in [4.69, 9.17) is 5.11 Å². The van der Waals surface area contributed by atoms with Gasteiger partial charge in [0, 0.05) is 19.2 Å². The molecule has 0 fully saturated rings. The van der Waals surface area contributed by atoms with E-state index in [2.05, 4.69) is 20.9 Å². The summed E-state index contributed by atoms with van der Waals surface area (Å²) in [7, 11) is 0. The number of halogens is 1. The number of hydrogen-bond acceptors (Lipinski definition) is 5. The Balaban J connectivity index is 2.92. The topological polar surface area (TPSA) is 96.6 Å². The highest BCUT2D eigenvalue weighted by molar-refractivity contribution is 9.10. The second kappa shape index (κ2) is 6.29. The number of aromatic nitrogens is 1. The highest BCUT2D eigenvalue weighted by atomic mass is 79.9. The van der Waals surface area contributed by atoms with Gasteiger partial charge in [0.15, 0.2) is 0 Å². The van der Waals surface area contributed by atoms with Crippen LogP contribution in [0.4, 0.5) is 11.5 Å². The van der Waals surface area contributed by atoms with E-state index in [1.165, 1.54) is 6.07 Å². The number of carboxylic acids is 1. The Hall–Kier alpha value is -1.70. The molecule has 0 spiro atoms. The highest BCUT2D eigenvalue weighted by Crippen LogP contribution is 2.27. The lowest BCUT2D eigenvalue weighted by atomic mass is 10.3.